The average Bonchev–Trinajstić information content (AvgIpc) is 2.61. The molecule has 0 N–H and O–H groups in total. The first-order valence-corrected chi connectivity index (χ1v) is 6.34. The number of halogens is 1. The fourth-order valence-corrected chi connectivity index (χ4v) is 1.63. The Kier molecular flexibility index (Phi) is 4.13. The fraction of sp³-hybridized carbons (Fsp3) is 0.636. The summed E-state index contributed by atoms with van der Waals surface area (Å²) in [5.74, 6) is -0.361. The fourth-order valence-electron chi connectivity index (χ4n) is 1.22. The summed E-state index contributed by atoms with van der Waals surface area (Å²) in [7, 11) is 0. The van der Waals surface area contributed by atoms with Crippen LogP contribution in [0, 0.1) is 0 Å². The van der Waals surface area contributed by atoms with Gasteiger partial charge in [0.15, 0.2) is 5.69 Å². The average molecular weight is 289 g/mol. The molecule has 0 aliphatic rings. The molecule has 1 heterocycles. The van der Waals surface area contributed by atoms with Crippen molar-refractivity contribution in [1.82, 2.24) is 9.78 Å². The van der Waals surface area contributed by atoms with Crippen molar-refractivity contribution in [2.75, 3.05) is 6.61 Å². The SMILES string of the molecule is CCOC(=O)c1nn(C(C)(C)C)cc1CBr. The quantitative estimate of drug-likeness (QED) is 0.635. The van der Waals surface area contributed by atoms with Crippen LogP contribution in [-0.4, -0.2) is 22.4 Å². The maximum absolute atomic E-state index is 11.6. The lowest BCUT2D eigenvalue weighted by atomic mass is 10.1. The molecule has 0 saturated heterocycles. The Morgan fingerprint density at radius 2 is 2.19 bits per heavy atom. The Bertz CT molecular complexity index is 380. The van der Waals surface area contributed by atoms with E-state index in [0.29, 0.717) is 17.6 Å². The van der Waals surface area contributed by atoms with Crippen molar-refractivity contribution in [3.63, 3.8) is 0 Å². The second-order valence-corrected chi connectivity index (χ2v) is 5.03. The van der Waals surface area contributed by atoms with Crippen molar-refractivity contribution >= 4 is 21.9 Å². The molecule has 16 heavy (non-hydrogen) atoms. The van der Waals surface area contributed by atoms with Crippen molar-refractivity contribution in [2.45, 2.75) is 38.6 Å². The minimum Gasteiger partial charge on any atom is -0.461 e. The van der Waals surface area contributed by atoms with E-state index in [2.05, 4.69) is 21.0 Å². The predicted molar refractivity (Wildman–Crippen MR) is 65.8 cm³/mol. The van der Waals surface area contributed by atoms with Crippen LogP contribution in [0.15, 0.2) is 6.20 Å². The second-order valence-electron chi connectivity index (χ2n) is 4.47. The standard InChI is InChI=1S/C11H17BrN2O2/c1-5-16-10(15)9-8(6-12)7-14(13-9)11(2,3)4/h7H,5-6H2,1-4H3. The van der Waals surface area contributed by atoms with Gasteiger partial charge in [-0.3, -0.25) is 4.68 Å². The summed E-state index contributed by atoms with van der Waals surface area (Å²) in [4.78, 5) is 11.6. The van der Waals surface area contributed by atoms with E-state index in [1.165, 1.54) is 0 Å². The van der Waals surface area contributed by atoms with Gasteiger partial charge in [-0.2, -0.15) is 5.10 Å². The third kappa shape index (κ3) is 2.84. The number of rotatable bonds is 3. The zero-order valence-corrected chi connectivity index (χ0v) is 11.7. The third-order valence-corrected chi connectivity index (χ3v) is 2.69. The van der Waals surface area contributed by atoms with E-state index in [1.54, 1.807) is 11.6 Å². The van der Waals surface area contributed by atoms with Gasteiger partial charge in [-0.05, 0) is 27.7 Å². The first kappa shape index (κ1) is 13.2. The van der Waals surface area contributed by atoms with E-state index in [0.717, 1.165) is 5.56 Å². The number of ether oxygens (including phenoxy) is 1. The van der Waals surface area contributed by atoms with Crippen LogP contribution in [-0.2, 0) is 15.6 Å². The molecule has 0 spiro atoms. The van der Waals surface area contributed by atoms with Gasteiger partial charge in [-0.1, -0.05) is 15.9 Å². The predicted octanol–water partition coefficient (Wildman–Crippen LogP) is 2.71. The molecule has 1 aromatic rings. The summed E-state index contributed by atoms with van der Waals surface area (Å²) in [5, 5.41) is 4.88. The smallest absolute Gasteiger partial charge is 0.359 e. The van der Waals surface area contributed by atoms with E-state index >= 15 is 0 Å². The zero-order chi connectivity index (χ0) is 12.3. The van der Waals surface area contributed by atoms with Crippen molar-refractivity contribution in [2.24, 2.45) is 0 Å². The Balaban J connectivity index is 3.09. The van der Waals surface area contributed by atoms with Gasteiger partial charge in [0.25, 0.3) is 0 Å². The topological polar surface area (TPSA) is 44.1 Å². The van der Waals surface area contributed by atoms with Gasteiger partial charge in [-0.15, -0.1) is 0 Å². The largest absolute Gasteiger partial charge is 0.461 e. The van der Waals surface area contributed by atoms with Gasteiger partial charge < -0.3 is 4.74 Å². The van der Waals surface area contributed by atoms with E-state index in [-0.39, 0.29) is 11.5 Å². The number of carbonyl (C=O) groups is 1. The summed E-state index contributed by atoms with van der Waals surface area (Å²) < 4.78 is 6.75. The lowest BCUT2D eigenvalue weighted by Gasteiger charge is -2.18. The Morgan fingerprint density at radius 1 is 1.56 bits per heavy atom. The molecule has 5 heteroatoms. The van der Waals surface area contributed by atoms with E-state index < -0.39 is 0 Å². The first-order chi connectivity index (χ1) is 7.40. The monoisotopic (exact) mass is 288 g/mol. The number of nitrogens with zero attached hydrogens (tertiary/aromatic N) is 2. The summed E-state index contributed by atoms with van der Waals surface area (Å²) in [6.07, 6.45) is 1.88. The van der Waals surface area contributed by atoms with E-state index in [9.17, 15) is 4.79 Å². The van der Waals surface area contributed by atoms with Crippen molar-refractivity contribution in [3.05, 3.63) is 17.5 Å². The van der Waals surface area contributed by atoms with Crippen LogP contribution in [0.25, 0.3) is 0 Å². The Morgan fingerprint density at radius 3 is 2.62 bits per heavy atom. The zero-order valence-electron chi connectivity index (χ0n) is 10.1. The molecule has 0 aliphatic heterocycles. The van der Waals surface area contributed by atoms with Crippen LogP contribution in [0.1, 0.15) is 43.7 Å². The summed E-state index contributed by atoms with van der Waals surface area (Å²) in [6.45, 7) is 8.25. The van der Waals surface area contributed by atoms with Gasteiger partial charge in [0.1, 0.15) is 0 Å². The molecule has 0 radical (unpaired) electrons. The van der Waals surface area contributed by atoms with Crippen LogP contribution >= 0.6 is 15.9 Å². The number of aromatic nitrogens is 2. The number of hydrogen-bond acceptors (Lipinski definition) is 3. The highest BCUT2D eigenvalue weighted by Crippen LogP contribution is 2.19. The molecule has 0 unspecified atom stereocenters. The van der Waals surface area contributed by atoms with E-state index in [4.69, 9.17) is 4.74 Å². The highest BCUT2D eigenvalue weighted by molar-refractivity contribution is 9.08. The molecule has 0 atom stereocenters. The van der Waals surface area contributed by atoms with Gasteiger partial charge in [0.2, 0.25) is 0 Å². The van der Waals surface area contributed by atoms with Gasteiger partial charge in [0, 0.05) is 17.1 Å². The molecule has 4 nitrogen and oxygen atoms in total. The van der Waals surface area contributed by atoms with Crippen molar-refractivity contribution in [1.29, 1.82) is 0 Å². The summed E-state index contributed by atoms with van der Waals surface area (Å²) in [5.41, 5.74) is 1.11. The molecule has 1 aromatic heterocycles. The molecular weight excluding hydrogens is 272 g/mol. The minimum absolute atomic E-state index is 0.137. The lowest BCUT2D eigenvalue weighted by molar-refractivity contribution is 0.0517. The molecule has 0 fully saturated rings. The van der Waals surface area contributed by atoms with E-state index in [1.807, 2.05) is 27.0 Å². The van der Waals surface area contributed by atoms with Crippen molar-refractivity contribution < 1.29 is 9.53 Å². The number of alkyl halides is 1. The molecule has 0 aliphatic carbocycles. The van der Waals surface area contributed by atoms with Gasteiger partial charge in [0.05, 0.1) is 12.1 Å². The number of carbonyl (C=O) groups excluding carboxylic acids is 1. The molecular formula is C11H17BrN2O2. The van der Waals surface area contributed by atoms with Gasteiger partial charge in [-0.25, -0.2) is 4.79 Å². The molecule has 0 bridgehead atoms. The van der Waals surface area contributed by atoms with Crippen LogP contribution in [0.3, 0.4) is 0 Å². The summed E-state index contributed by atoms with van der Waals surface area (Å²) >= 11 is 3.35. The normalized spacial score (nSPS) is 11.6. The molecule has 0 amide bonds. The first-order valence-electron chi connectivity index (χ1n) is 5.22. The number of esters is 1. The molecule has 0 saturated carbocycles. The van der Waals surface area contributed by atoms with Crippen LogP contribution in [0.4, 0.5) is 0 Å². The highest BCUT2D eigenvalue weighted by Gasteiger charge is 2.22. The van der Waals surface area contributed by atoms with Crippen LogP contribution in [0.5, 0.6) is 0 Å². The second kappa shape index (κ2) is 4.99. The maximum atomic E-state index is 11.6. The highest BCUT2D eigenvalue weighted by atomic mass is 79.9. The molecule has 0 aromatic carbocycles. The van der Waals surface area contributed by atoms with Crippen molar-refractivity contribution in [3.8, 4) is 0 Å². The van der Waals surface area contributed by atoms with Gasteiger partial charge >= 0.3 is 5.97 Å². The Labute approximate surface area is 104 Å². The Hall–Kier alpha value is -0.840. The van der Waals surface area contributed by atoms with Crippen LogP contribution < -0.4 is 0 Å². The maximum Gasteiger partial charge on any atom is 0.359 e. The lowest BCUT2D eigenvalue weighted by Crippen LogP contribution is -2.22. The number of hydrogen-bond donors (Lipinski definition) is 0. The molecule has 1 rings (SSSR count). The molecule has 90 valence electrons. The third-order valence-electron chi connectivity index (χ3n) is 2.09. The minimum atomic E-state index is -0.361. The van der Waals surface area contributed by atoms with Crippen LogP contribution in [0.2, 0.25) is 0 Å². The summed E-state index contributed by atoms with van der Waals surface area (Å²) in [6, 6.07) is 0.